The molecule has 0 aromatic carbocycles. The van der Waals surface area contributed by atoms with E-state index in [9.17, 15) is 18.1 Å². The molecule has 1 aliphatic rings. The van der Waals surface area contributed by atoms with Crippen molar-refractivity contribution in [1.29, 1.82) is 0 Å². The Morgan fingerprint density at radius 1 is 1.07 bits per heavy atom. The molecule has 1 nitrogen and oxygen atoms in total. The number of halogens is 3. The highest BCUT2D eigenvalue weighted by molar-refractivity contribution is 6.60. The zero-order chi connectivity index (χ0) is 11.0. The molecule has 0 bridgehead atoms. The molecule has 0 aromatic rings. The molecule has 1 saturated carbocycles. The summed E-state index contributed by atoms with van der Waals surface area (Å²) in [6, 6.07) is 0. The predicted octanol–water partition coefficient (Wildman–Crippen LogP) is 3.17. The van der Waals surface area contributed by atoms with Crippen molar-refractivity contribution in [3.63, 3.8) is 0 Å². The number of hydrogen-bond donors (Lipinski definition) is 1. The number of rotatable bonds is 2. The lowest BCUT2D eigenvalue weighted by Crippen LogP contribution is -2.36. The molecule has 0 heterocycles. The number of aliphatic hydroxyl groups is 1. The van der Waals surface area contributed by atoms with Crippen molar-refractivity contribution in [3.8, 4) is 0 Å². The van der Waals surface area contributed by atoms with E-state index < -0.39 is 18.4 Å². The van der Waals surface area contributed by atoms with Crippen molar-refractivity contribution in [2.24, 2.45) is 5.92 Å². The molecule has 0 aromatic heterocycles. The van der Waals surface area contributed by atoms with Crippen LogP contribution in [0, 0.1) is 5.92 Å². The Hall–Kier alpha value is -0.185. The van der Waals surface area contributed by atoms with E-state index in [1.807, 2.05) is 0 Å². The first kappa shape index (κ1) is 11.9. The second-order valence-electron chi connectivity index (χ2n) is 4.89. The van der Waals surface area contributed by atoms with E-state index in [1.165, 1.54) is 0 Å². The summed E-state index contributed by atoms with van der Waals surface area (Å²) in [5, 5.41) is 9.66. The average Bonchev–Trinajstić information content (AvgIpc) is 2.01. The monoisotopic (exact) mass is 209 g/mol. The van der Waals surface area contributed by atoms with Crippen LogP contribution in [0.4, 0.5) is 12.9 Å². The quantitative estimate of drug-likeness (QED) is 0.692. The van der Waals surface area contributed by atoms with Crippen LogP contribution in [0.5, 0.6) is 0 Å². The topological polar surface area (TPSA) is 20.2 Å². The fraction of sp³-hybridized carbons (Fsp3) is 1.00. The fourth-order valence-corrected chi connectivity index (χ4v) is 2.20. The molecule has 0 aliphatic heterocycles. The Kier molecular flexibility index (Phi) is 3.19. The van der Waals surface area contributed by atoms with Crippen LogP contribution >= 0.6 is 0 Å². The van der Waals surface area contributed by atoms with Crippen molar-refractivity contribution in [2.45, 2.75) is 50.9 Å². The van der Waals surface area contributed by atoms with Crippen LogP contribution in [0.2, 0.25) is 5.82 Å². The summed E-state index contributed by atoms with van der Waals surface area (Å²) in [5.74, 6) is -1.06. The highest BCUT2D eigenvalue weighted by Gasteiger charge is 2.39. The van der Waals surface area contributed by atoms with Crippen molar-refractivity contribution < 1.29 is 18.1 Å². The molecule has 0 saturated heterocycles. The molecule has 1 fully saturated rings. The molecule has 0 unspecified atom stereocenters. The minimum atomic E-state index is -4.67. The van der Waals surface area contributed by atoms with Gasteiger partial charge in [0.2, 0.25) is 0 Å². The second kappa shape index (κ2) is 3.76. The van der Waals surface area contributed by atoms with Crippen molar-refractivity contribution in [1.82, 2.24) is 0 Å². The molecular weight excluding hydrogens is 192 g/mol. The predicted molar refractivity (Wildman–Crippen MR) is 51.1 cm³/mol. The molecule has 0 atom stereocenters. The summed E-state index contributed by atoms with van der Waals surface area (Å²) in [4.78, 5) is 0. The molecule has 0 radical (unpaired) electrons. The van der Waals surface area contributed by atoms with E-state index in [2.05, 4.69) is 0 Å². The molecule has 84 valence electrons. The van der Waals surface area contributed by atoms with E-state index in [0.717, 1.165) is 0 Å². The van der Waals surface area contributed by atoms with Crippen LogP contribution in [-0.2, 0) is 0 Å². The highest BCUT2D eigenvalue weighted by atomic mass is 19.4. The van der Waals surface area contributed by atoms with Crippen molar-refractivity contribution in [2.75, 3.05) is 0 Å². The maximum Gasteiger partial charge on any atom is 0.481 e. The third-order valence-corrected chi connectivity index (χ3v) is 3.31. The third kappa shape index (κ3) is 2.90. The molecule has 0 spiro atoms. The van der Waals surface area contributed by atoms with Crippen LogP contribution in [0.15, 0.2) is 0 Å². The van der Waals surface area contributed by atoms with Crippen LogP contribution in [0.25, 0.3) is 0 Å². The summed E-state index contributed by atoms with van der Waals surface area (Å²) >= 11 is 0. The molecule has 5 heteroatoms. The van der Waals surface area contributed by atoms with Crippen LogP contribution in [0.3, 0.4) is 0 Å². The van der Waals surface area contributed by atoms with Gasteiger partial charge in [-0.25, -0.2) is 0 Å². The summed E-state index contributed by atoms with van der Waals surface area (Å²) in [6.07, 6.45) is 1.38. The standard InChI is InChI=1S/C9H17BF3O/c1-9(2,14)7-3-5-8(6-4-7)10(11,12)13/h7-8,14H,3-6H2,1-2H3/q-1. The van der Waals surface area contributed by atoms with E-state index in [4.69, 9.17) is 0 Å². The van der Waals surface area contributed by atoms with Gasteiger partial charge in [-0.2, -0.15) is 0 Å². The van der Waals surface area contributed by atoms with E-state index in [0.29, 0.717) is 12.8 Å². The van der Waals surface area contributed by atoms with Gasteiger partial charge in [-0.1, -0.05) is 31.5 Å². The molecule has 0 amide bonds. The minimum Gasteiger partial charge on any atom is -0.449 e. The van der Waals surface area contributed by atoms with Gasteiger partial charge in [-0.3, -0.25) is 0 Å². The molecular formula is C9H17BF3O-. The Labute approximate surface area is 82.7 Å². The van der Waals surface area contributed by atoms with Gasteiger partial charge >= 0.3 is 6.98 Å². The highest BCUT2D eigenvalue weighted by Crippen LogP contribution is 2.43. The maximum absolute atomic E-state index is 12.4. The lowest BCUT2D eigenvalue weighted by atomic mass is 9.61. The van der Waals surface area contributed by atoms with Crippen molar-refractivity contribution >= 4 is 6.98 Å². The summed E-state index contributed by atoms with van der Waals surface area (Å²) in [5.41, 5.74) is -0.830. The van der Waals surface area contributed by atoms with Gasteiger partial charge in [0.15, 0.2) is 0 Å². The summed E-state index contributed by atoms with van der Waals surface area (Å²) in [6.45, 7) is -1.32. The molecule has 1 aliphatic carbocycles. The Balaban J connectivity index is 2.47. The Morgan fingerprint density at radius 3 is 1.79 bits per heavy atom. The Bertz CT molecular complexity index is 167. The average molecular weight is 209 g/mol. The van der Waals surface area contributed by atoms with E-state index >= 15 is 0 Å². The van der Waals surface area contributed by atoms with Crippen LogP contribution in [0.1, 0.15) is 39.5 Å². The summed E-state index contributed by atoms with van der Waals surface area (Å²) in [7, 11) is 0. The van der Waals surface area contributed by atoms with E-state index in [-0.39, 0.29) is 18.8 Å². The van der Waals surface area contributed by atoms with Crippen LogP contribution in [-0.4, -0.2) is 17.7 Å². The second-order valence-corrected chi connectivity index (χ2v) is 4.89. The smallest absolute Gasteiger partial charge is 0.449 e. The zero-order valence-electron chi connectivity index (χ0n) is 8.64. The van der Waals surface area contributed by atoms with Gasteiger partial charge in [0, 0.05) is 0 Å². The normalized spacial score (nSPS) is 30.4. The van der Waals surface area contributed by atoms with Gasteiger partial charge in [-0.05, 0) is 19.8 Å². The van der Waals surface area contributed by atoms with Gasteiger partial charge < -0.3 is 18.1 Å². The lowest BCUT2D eigenvalue weighted by molar-refractivity contribution is -0.000488. The zero-order valence-corrected chi connectivity index (χ0v) is 8.64. The molecule has 14 heavy (non-hydrogen) atoms. The molecule has 1 rings (SSSR count). The van der Waals surface area contributed by atoms with Crippen LogP contribution < -0.4 is 0 Å². The lowest BCUT2D eigenvalue weighted by Gasteiger charge is -2.39. The first-order chi connectivity index (χ1) is 6.21. The Morgan fingerprint density at radius 2 is 1.50 bits per heavy atom. The minimum absolute atomic E-state index is 0.0249. The largest absolute Gasteiger partial charge is 0.481 e. The van der Waals surface area contributed by atoms with Crippen molar-refractivity contribution in [3.05, 3.63) is 0 Å². The fourth-order valence-electron chi connectivity index (χ4n) is 2.20. The molecule has 1 N–H and O–H groups in total. The first-order valence-electron chi connectivity index (χ1n) is 5.13. The number of hydrogen-bond acceptors (Lipinski definition) is 1. The SMILES string of the molecule is CC(C)(O)C1CCC([B-](F)(F)F)CC1. The first-order valence-corrected chi connectivity index (χ1v) is 5.13. The summed E-state index contributed by atoms with van der Waals surface area (Å²) < 4.78 is 37.1. The van der Waals surface area contributed by atoms with Gasteiger partial charge in [-0.15, -0.1) is 0 Å². The van der Waals surface area contributed by atoms with Gasteiger partial charge in [0.1, 0.15) is 0 Å². The van der Waals surface area contributed by atoms with E-state index in [1.54, 1.807) is 13.8 Å². The third-order valence-electron chi connectivity index (χ3n) is 3.31. The van der Waals surface area contributed by atoms with Gasteiger partial charge in [0.05, 0.1) is 5.60 Å². The van der Waals surface area contributed by atoms with Gasteiger partial charge in [0.25, 0.3) is 0 Å². The maximum atomic E-state index is 12.4.